The molecule has 3 aromatic rings. The summed E-state index contributed by atoms with van der Waals surface area (Å²) >= 11 is 0. The molecule has 0 spiro atoms. The predicted octanol–water partition coefficient (Wildman–Crippen LogP) is 5.29. The van der Waals surface area contributed by atoms with Crippen LogP contribution in [0.3, 0.4) is 0 Å². The minimum absolute atomic E-state index is 0.0592. The van der Waals surface area contributed by atoms with E-state index < -0.39 is 17.0 Å². The van der Waals surface area contributed by atoms with Crippen molar-refractivity contribution in [3.05, 3.63) is 60.4 Å². The number of rotatable bonds is 7. The fourth-order valence-electron chi connectivity index (χ4n) is 3.28. The molecule has 2 amide bonds. The molecule has 0 bridgehead atoms. The summed E-state index contributed by atoms with van der Waals surface area (Å²) in [6.45, 7) is 11.7. The first-order valence-electron chi connectivity index (χ1n) is 12.0. The lowest BCUT2D eigenvalue weighted by molar-refractivity contribution is -0.123. The van der Waals surface area contributed by atoms with Crippen molar-refractivity contribution in [2.75, 3.05) is 16.8 Å². The van der Waals surface area contributed by atoms with E-state index in [1.807, 2.05) is 84.0 Å². The van der Waals surface area contributed by atoms with E-state index in [-0.39, 0.29) is 12.5 Å². The molecule has 2 aromatic carbocycles. The SMILES string of the molecule is CC(C)(C)C(=O)Nc1ccc(-c2nnc(CCCOC(=O)N(c3ccccc3)C(C)(C)C)nn2)cc1. The fourth-order valence-corrected chi connectivity index (χ4v) is 3.28. The summed E-state index contributed by atoms with van der Waals surface area (Å²) in [5.74, 6) is 0.804. The molecule has 9 heteroatoms. The van der Waals surface area contributed by atoms with E-state index in [2.05, 4.69) is 25.7 Å². The van der Waals surface area contributed by atoms with Crippen LogP contribution in [0.15, 0.2) is 54.6 Å². The van der Waals surface area contributed by atoms with Gasteiger partial charge in [-0.05, 0) is 63.6 Å². The maximum atomic E-state index is 12.8. The molecule has 9 nitrogen and oxygen atoms in total. The number of amides is 2. The highest BCUT2D eigenvalue weighted by Gasteiger charge is 2.29. The number of carbonyl (C=O) groups excluding carboxylic acids is 2. The topological polar surface area (TPSA) is 110 Å². The predicted molar refractivity (Wildman–Crippen MR) is 139 cm³/mol. The molecule has 0 atom stereocenters. The zero-order chi connectivity index (χ0) is 26.3. The molecule has 1 heterocycles. The summed E-state index contributed by atoms with van der Waals surface area (Å²) < 4.78 is 5.52. The highest BCUT2D eigenvalue weighted by molar-refractivity contribution is 5.94. The Balaban J connectivity index is 1.51. The first kappa shape index (κ1) is 26.7. The second kappa shape index (κ2) is 11.2. The highest BCUT2D eigenvalue weighted by Crippen LogP contribution is 2.25. The molecule has 0 saturated heterocycles. The number of anilines is 2. The van der Waals surface area contributed by atoms with Gasteiger partial charge < -0.3 is 10.1 Å². The number of para-hydroxylation sites is 1. The number of nitrogens with one attached hydrogen (secondary N) is 1. The van der Waals surface area contributed by atoms with Crippen molar-refractivity contribution < 1.29 is 14.3 Å². The Labute approximate surface area is 212 Å². The van der Waals surface area contributed by atoms with Crippen LogP contribution in [0.1, 0.15) is 53.8 Å². The molecular formula is C27H34N6O3. The normalized spacial score (nSPS) is 11.6. The average Bonchev–Trinajstić information content (AvgIpc) is 2.82. The molecule has 0 radical (unpaired) electrons. The third-order valence-electron chi connectivity index (χ3n) is 5.24. The van der Waals surface area contributed by atoms with Gasteiger partial charge in [0.25, 0.3) is 0 Å². The standard InChI is InChI=1S/C27H34N6O3/c1-26(2,3)24(34)28-20-16-14-19(15-17-20)23-31-29-22(30-32-23)13-10-18-36-25(35)33(27(4,5)6)21-11-8-7-9-12-21/h7-9,11-12,14-17H,10,13,18H2,1-6H3,(H,28,34). The van der Waals surface area contributed by atoms with Crippen LogP contribution < -0.4 is 10.2 Å². The molecule has 0 unspecified atom stereocenters. The van der Waals surface area contributed by atoms with Gasteiger partial charge in [0.2, 0.25) is 11.7 Å². The van der Waals surface area contributed by atoms with Crippen molar-refractivity contribution >= 4 is 23.4 Å². The zero-order valence-corrected chi connectivity index (χ0v) is 21.8. The smallest absolute Gasteiger partial charge is 0.414 e. The third-order valence-corrected chi connectivity index (χ3v) is 5.24. The molecule has 0 fully saturated rings. The van der Waals surface area contributed by atoms with Crippen LogP contribution in [-0.2, 0) is 16.0 Å². The van der Waals surface area contributed by atoms with Crippen LogP contribution in [-0.4, -0.2) is 44.5 Å². The molecule has 1 N–H and O–H groups in total. The molecule has 0 saturated carbocycles. The van der Waals surface area contributed by atoms with Crippen LogP contribution in [0.5, 0.6) is 0 Å². The summed E-state index contributed by atoms with van der Waals surface area (Å²) in [7, 11) is 0. The second-order valence-electron chi connectivity index (χ2n) is 10.5. The second-order valence-corrected chi connectivity index (χ2v) is 10.5. The van der Waals surface area contributed by atoms with Gasteiger partial charge in [-0.1, -0.05) is 39.0 Å². The van der Waals surface area contributed by atoms with Crippen LogP contribution in [0.4, 0.5) is 16.2 Å². The summed E-state index contributed by atoms with van der Waals surface area (Å²) in [4.78, 5) is 26.5. The number of nitrogens with zero attached hydrogens (tertiary/aromatic N) is 5. The van der Waals surface area contributed by atoms with Gasteiger partial charge in [-0.15, -0.1) is 20.4 Å². The minimum Gasteiger partial charge on any atom is -0.449 e. The van der Waals surface area contributed by atoms with Crippen molar-refractivity contribution in [2.45, 2.75) is 59.9 Å². The molecular weight excluding hydrogens is 456 g/mol. The van der Waals surface area contributed by atoms with E-state index in [0.717, 1.165) is 11.3 Å². The summed E-state index contributed by atoms with van der Waals surface area (Å²) in [5, 5.41) is 19.5. The van der Waals surface area contributed by atoms with Gasteiger partial charge >= 0.3 is 6.09 Å². The largest absolute Gasteiger partial charge is 0.449 e. The first-order chi connectivity index (χ1) is 16.9. The van der Waals surface area contributed by atoms with Gasteiger partial charge in [0, 0.05) is 34.3 Å². The highest BCUT2D eigenvalue weighted by atomic mass is 16.6. The Morgan fingerprint density at radius 2 is 1.47 bits per heavy atom. The average molecular weight is 491 g/mol. The van der Waals surface area contributed by atoms with E-state index in [9.17, 15) is 9.59 Å². The van der Waals surface area contributed by atoms with Gasteiger partial charge in [-0.2, -0.15) is 0 Å². The van der Waals surface area contributed by atoms with E-state index in [4.69, 9.17) is 4.74 Å². The van der Waals surface area contributed by atoms with Crippen LogP contribution >= 0.6 is 0 Å². The van der Waals surface area contributed by atoms with Crippen LogP contribution in [0.25, 0.3) is 11.4 Å². The van der Waals surface area contributed by atoms with E-state index in [0.29, 0.717) is 30.2 Å². The Morgan fingerprint density at radius 1 is 0.861 bits per heavy atom. The fraction of sp³-hybridized carbons (Fsp3) is 0.407. The summed E-state index contributed by atoms with van der Waals surface area (Å²) in [6.07, 6.45) is 0.624. The molecule has 36 heavy (non-hydrogen) atoms. The van der Waals surface area contributed by atoms with Gasteiger partial charge in [-0.3, -0.25) is 9.69 Å². The monoisotopic (exact) mass is 490 g/mol. The summed E-state index contributed by atoms with van der Waals surface area (Å²) in [5.41, 5.74) is 1.32. The van der Waals surface area contributed by atoms with E-state index in [1.54, 1.807) is 17.0 Å². The lowest BCUT2D eigenvalue weighted by Gasteiger charge is -2.34. The number of aryl methyl sites for hydroxylation is 1. The van der Waals surface area contributed by atoms with E-state index in [1.165, 1.54) is 0 Å². The number of aromatic nitrogens is 4. The van der Waals surface area contributed by atoms with Crippen molar-refractivity contribution in [2.24, 2.45) is 5.41 Å². The van der Waals surface area contributed by atoms with Gasteiger partial charge in [0.05, 0.1) is 6.61 Å². The Bertz CT molecular complexity index is 1150. The maximum Gasteiger partial charge on any atom is 0.414 e. The van der Waals surface area contributed by atoms with Crippen molar-refractivity contribution in [3.63, 3.8) is 0 Å². The van der Waals surface area contributed by atoms with Crippen LogP contribution in [0.2, 0.25) is 0 Å². The molecule has 0 aliphatic rings. The molecule has 190 valence electrons. The number of hydrogen-bond donors (Lipinski definition) is 1. The summed E-state index contributed by atoms with van der Waals surface area (Å²) in [6, 6.07) is 16.7. The Hall–Kier alpha value is -3.88. The van der Waals surface area contributed by atoms with Crippen molar-refractivity contribution in [3.8, 4) is 11.4 Å². The lowest BCUT2D eigenvalue weighted by Crippen LogP contribution is -2.46. The van der Waals surface area contributed by atoms with Crippen molar-refractivity contribution in [1.82, 2.24) is 20.4 Å². The Morgan fingerprint density at radius 3 is 2.03 bits per heavy atom. The molecule has 1 aromatic heterocycles. The van der Waals surface area contributed by atoms with Gasteiger partial charge in [0.15, 0.2) is 5.82 Å². The molecule has 0 aliphatic heterocycles. The molecule has 0 aliphatic carbocycles. The third kappa shape index (κ3) is 7.31. The van der Waals surface area contributed by atoms with Crippen molar-refractivity contribution in [1.29, 1.82) is 0 Å². The molecule has 3 rings (SSSR count). The van der Waals surface area contributed by atoms with Gasteiger partial charge in [0.1, 0.15) is 0 Å². The minimum atomic E-state index is -0.475. The van der Waals surface area contributed by atoms with Crippen LogP contribution in [0, 0.1) is 5.41 Å². The maximum absolute atomic E-state index is 12.8. The number of hydrogen-bond acceptors (Lipinski definition) is 7. The zero-order valence-electron chi connectivity index (χ0n) is 21.8. The van der Waals surface area contributed by atoms with E-state index >= 15 is 0 Å². The number of carbonyl (C=O) groups is 2. The number of ether oxygens (including phenoxy) is 1. The number of benzene rings is 2. The van der Waals surface area contributed by atoms with Gasteiger partial charge in [-0.25, -0.2) is 4.79 Å². The quantitative estimate of drug-likeness (QED) is 0.448. The lowest BCUT2D eigenvalue weighted by atomic mass is 9.95. The first-order valence-corrected chi connectivity index (χ1v) is 12.0. The Kier molecular flexibility index (Phi) is 8.34.